The van der Waals surface area contributed by atoms with Gasteiger partial charge in [0.05, 0.1) is 6.04 Å². The molecule has 1 unspecified atom stereocenters. The van der Waals surface area contributed by atoms with Crippen LogP contribution in [0.15, 0.2) is 4.52 Å². The molecule has 0 aliphatic carbocycles. The van der Waals surface area contributed by atoms with E-state index in [1.165, 1.54) is 6.42 Å². The van der Waals surface area contributed by atoms with E-state index in [0.717, 1.165) is 31.1 Å². The minimum Gasteiger partial charge on any atom is -0.338 e. The Labute approximate surface area is 71.4 Å². The fraction of sp³-hybridized carbons (Fsp3) is 0.750. The first-order valence-electron chi connectivity index (χ1n) is 4.46. The number of aryl methyl sites for hydroxylation is 1. The topological polar surface area (TPSA) is 51.0 Å². The molecule has 1 aliphatic heterocycles. The number of aromatic nitrogens is 2. The van der Waals surface area contributed by atoms with Crippen LogP contribution in [0.3, 0.4) is 0 Å². The fourth-order valence-electron chi connectivity index (χ4n) is 1.45. The molecule has 2 heterocycles. The summed E-state index contributed by atoms with van der Waals surface area (Å²) in [4.78, 5) is 4.27. The summed E-state index contributed by atoms with van der Waals surface area (Å²) in [6, 6.07) is 0.304. The first-order chi connectivity index (χ1) is 5.90. The van der Waals surface area contributed by atoms with Crippen LogP contribution in [-0.2, 0) is 6.42 Å². The molecule has 0 amide bonds. The second kappa shape index (κ2) is 3.23. The Hall–Kier alpha value is -0.900. The highest BCUT2D eigenvalue weighted by molar-refractivity contribution is 4.94. The van der Waals surface area contributed by atoms with Crippen LogP contribution in [0.25, 0.3) is 0 Å². The van der Waals surface area contributed by atoms with Crippen molar-refractivity contribution >= 4 is 0 Å². The number of nitrogens with one attached hydrogen (secondary N) is 1. The highest BCUT2D eigenvalue weighted by Crippen LogP contribution is 2.20. The van der Waals surface area contributed by atoms with Crippen molar-refractivity contribution in [3.8, 4) is 0 Å². The monoisotopic (exact) mass is 167 g/mol. The standard InChI is InChI=1S/C8H13N3O/c1-2-7-10-8(12-11-7)6-4-3-5-9-6/h6,9H,2-5H2,1H3. The average molecular weight is 167 g/mol. The van der Waals surface area contributed by atoms with Gasteiger partial charge in [0.25, 0.3) is 0 Å². The predicted octanol–water partition coefficient (Wildman–Crippen LogP) is 1.06. The minimum absolute atomic E-state index is 0.304. The number of rotatable bonds is 2. The van der Waals surface area contributed by atoms with E-state index in [0.29, 0.717) is 6.04 Å². The van der Waals surface area contributed by atoms with Gasteiger partial charge in [-0.15, -0.1) is 0 Å². The van der Waals surface area contributed by atoms with Gasteiger partial charge >= 0.3 is 0 Å². The van der Waals surface area contributed by atoms with Crippen molar-refractivity contribution in [3.63, 3.8) is 0 Å². The molecule has 2 rings (SSSR count). The van der Waals surface area contributed by atoms with Gasteiger partial charge in [-0.1, -0.05) is 12.1 Å². The lowest BCUT2D eigenvalue weighted by Gasteiger charge is -2.00. The Balaban J connectivity index is 2.11. The van der Waals surface area contributed by atoms with Gasteiger partial charge in [-0.25, -0.2) is 0 Å². The fourth-order valence-corrected chi connectivity index (χ4v) is 1.45. The van der Waals surface area contributed by atoms with E-state index in [2.05, 4.69) is 15.5 Å². The van der Waals surface area contributed by atoms with Crippen LogP contribution in [0, 0.1) is 0 Å². The lowest BCUT2D eigenvalue weighted by molar-refractivity contribution is 0.341. The zero-order valence-corrected chi connectivity index (χ0v) is 7.21. The zero-order chi connectivity index (χ0) is 8.39. The molecule has 1 saturated heterocycles. The summed E-state index contributed by atoms with van der Waals surface area (Å²) in [6.07, 6.45) is 3.16. The van der Waals surface area contributed by atoms with Gasteiger partial charge in [0.15, 0.2) is 5.82 Å². The molecule has 0 radical (unpaired) electrons. The SMILES string of the molecule is CCc1noc(C2CCCN2)n1. The van der Waals surface area contributed by atoms with Crippen LogP contribution >= 0.6 is 0 Å². The quantitative estimate of drug-likeness (QED) is 0.715. The molecule has 66 valence electrons. The maximum atomic E-state index is 5.12. The lowest BCUT2D eigenvalue weighted by atomic mass is 10.2. The summed E-state index contributed by atoms with van der Waals surface area (Å²) in [6.45, 7) is 3.09. The van der Waals surface area contributed by atoms with Crippen LogP contribution in [-0.4, -0.2) is 16.7 Å². The highest BCUT2D eigenvalue weighted by atomic mass is 16.5. The van der Waals surface area contributed by atoms with Crippen LogP contribution in [0.4, 0.5) is 0 Å². The second-order valence-electron chi connectivity index (χ2n) is 3.05. The molecular formula is C8H13N3O. The smallest absolute Gasteiger partial charge is 0.243 e. The molecule has 4 nitrogen and oxygen atoms in total. The van der Waals surface area contributed by atoms with Crippen molar-refractivity contribution < 1.29 is 4.52 Å². The number of nitrogens with zero attached hydrogens (tertiary/aromatic N) is 2. The molecule has 0 spiro atoms. The molecule has 1 atom stereocenters. The summed E-state index contributed by atoms with van der Waals surface area (Å²) in [5, 5.41) is 7.17. The first kappa shape index (κ1) is 7.73. The van der Waals surface area contributed by atoms with Crippen molar-refractivity contribution in [2.45, 2.75) is 32.2 Å². The van der Waals surface area contributed by atoms with Crippen LogP contribution in [0.5, 0.6) is 0 Å². The van der Waals surface area contributed by atoms with Gasteiger partial charge in [0.1, 0.15) is 0 Å². The summed E-state index contributed by atoms with van der Waals surface area (Å²) in [7, 11) is 0. The predicted molar refractivity (Wildman–Crippen MR) is 43.7 cm³/mol. The van der Waals surface area contributed by atoms with E-state index >= 15 is 0 Å². The van der Waals surface area contributed by atoms with Crippen molar-refractivity contribution in [1.29, 1.82) is 0 Å². The van der Waals surface area contributed by atoms with Gasteiger partial charge in [0, 0.05) is 6.42 Å². The third-order valence-electron chi connectivity index (χ3n) is 2.16. The van der Waals surface area contributed by atoms with Gasteiger partial charge < -0.3 is 9.84 Å². The summed E-state index contributed by atoms with van der Waals surface area (Å²) < 4.78 is 5.12. The maximum absolute atomic E-state index is 5.12. The van der Waals surface area contributed by atoms with Gasteiger partial charge in [-0.2, -0.15) is 4.98 Å². The summed E-state index contributed by atoms with van der Waals surface area (Å²) >= 11 is 0. The average Bonchev–Trinajstić information content (AvgIpc) is 2.75. The van der Waals surface area contributed by atoms with E-state index in [-0.39, 0.29) is 0 Å². The number of hydrogen-bond acceptors (Lipinski definition) is 4. The molecule has 12 heavy (non-hydrogen) atoms. The van der Waals surface area contributed by atoms with E-state index in [4.69, 9.17) is 4.52 Å². The molecule has 1 aliphatic rings. The van der Waals surface area contributed by atoms with Gasteiger partial charge in [-0.05, 0) is 19.4 Å². The van der Waals surface area contributed by atoms with Crippen molar-refractivity contribution in [2.24, 2.45) is 0 Å². The normalized spacial score (nSPS) is 23.2. The molecule has 0 bridgehead atoms. The number of hydrogen-bond donors (Lipinski definition) is 1. The first-order valence-corrected chi connectivity index (χ1v) is 4.46. The zero-order valence-electron chi connectivity index (χ0n) is 7.21. The van der Waals surface area contributed by atoms with Gasteiger partial charge in [-0.3, -0.25) is 0 Å². The van der Waals surface area contributed by atoms with Crippen molar-refractivity contribution in [1.82, 2.24) is 15.5 Å². The van der Waals surface area contributed by atoms with E-state index in [9.17, 15) is 0 Å². The van der Waals surface area contributed by atoms with Crippen molar-refractivity contribution in [3.05, 3.63) is 11.7 Å². The largest absolute Gasteiger partial charge is 0.338 e. The van der Waals surface area contributed by atoms with Crippen LogP contribution < -0.4 is 5.32 Å². The molecule has 1 aromatic rings. The Morgan fingerprint density at radius 1 is 1.67 bits per heavy atom. The van der Waals surface area contributed by atoms with E-state index in [1.54, 1.807) is 0 Å². The Bertz CT molecular complexity index is 253. The molecule has 1 N–H and O–H groups in total. The third kappa shape index (κ3) is 1.34. The molecule has 0 aromatic carbocycles. The summed E-state index contributed by atoms with van der Waals surface area (Å²) in [5.41, 5.74) is 0. The summed E-state index contributed by atoms with van der Waals surface area (Å²) in [5.74, 6) is 1.56. The molecular weight excluding hydrogens is 154 g/mol. The Morgan fingerprint density at radius 3 is 3.17 bits per heavy atom. The molecule has 1 aromatic heterocycles. The van der Waals surface area contributed by atoms with Crippen LogP contribution in [0.2, 0.25) is 0 Å². The third-order valence-corrected chi connectivity index (χ3v) is 2.16. The Morgan fingerprint density at radius 2 is 2.58 bits per heavy atom. The van der Waals surface area contributed by atoms with E-state index < -0.39 is 0 Å². The lowest BCUT2D eigenvalue weighted by Crippen LogP contribution is -2.13. The second-order valence-corrected chi connectivity index (χ2v) is 3.05. The maximum Gasteiger partial charge on any atom is 0.243 e. The Kier molecular flexibility index (Phi) is 2.08. The van der Waals surface area contributed by atoms with E-state index in [1.807, 2.05) is 6.92 Å². The molecule has 0 saturated carbocycles. The van der Waals surface area contributed by atoms with Crippen molar-refractivity contribution in [2.75, 3.05) is 6.54 Å². The molecule has 1 fully saturated rings. The highest BCUT2D eigenvalue weighted by Gasteiger charge is 2.21. The molecule has 4 heteroatoms. The minimum atomic E-state index is 0.304. The van der Waals surface area contributed by atoms with Gasteiger partial charge in [0.2, 0.25) is 5.89 Å². The van der Waals surface area contributed by atoms with Crippen LogP contribution in [0.1, 0.15) is 37.5 Å².